The summed E-state index contributed by atoms with van der Waals surface area (Å²) in [5.41, 5.74) is 9.72. The maximum absolute atomic E-state index is 7.26. The minimum Gasteiger partial charge on any atom is -0.238 e. The van der Waals surface area contributed by atoms with Gasteiger partial charge >= 0.3 is 0 Å². The molecule has 0 saturated carbocycles. The molecule has 27 heavy (non-hydrogen) atoms. The van der Waals surface area contributed by atoms with E-state index in [9.17, 15) is 0 Å². The molecule has 0 bridgehead atoms. The van der Waals surface area contributed by atoms with Crippen molar-refractivity contribution in [2.24, 2.45) is 0 Å². The SMILES string of the molecule is [C-]#[N+]c1ccc2c(c1)CCC/C2=C/c1ccc2c(c1)C(C)(C)CCC2(C)C. The van der Waals surface area contributed by atoms with Crippen LogP contribution in [-0.2, 0) is 17.3 Å². The van der Waals surface area contributed by atoms with E-state index in [2.05, 4.69) is 68.9 Å². The van der Waals surface area contributed by atoms with Gasteiger partial charge in [0, 0.05) is 0 Å². The molecule has 0 N–H and O–H groups in total. The largest absolute Gasteiger partial charge is 0.238 e. The van der Waals surface area contributed by atoms with E-state index in [0.717, 1.165) is 18.5 Å². The fourth-order valence-electron chi connectivity index (χ4n) is 4.82. The fraction of sp³-hybridized carbons (Fsp3) is 0.423. The summed E-state index contributed by atoms with van der Waals surface area (Å²) in [6.07, 6.45) is 8.26. The van der Waals surface area contributed by atoms with Crippen LogP contribution in [0, 0.1) is 6.57 Å². The van der Waals surface area contributed by atoms with E-state index in [0.29, 0.717) is 0 Å². The number of fused-ring (bicyclic) bond motifs is 2. The molecular weight excluding hydrogens is 326 g/mol. The van der Waals surface area contributed by atoms with Gasteiger partial charge in [-0.25, -0.2) is 4.85 Å². The van der Waals surface area contributed by atoms with E-state index in [1.54, 1.807) is 0 Å². The van der Waals surface area contributed by atoms with Gasteiger partial charge in [-0.1, -0.05) is 75.7 Å². The molecule has 0 atom stereocenters. The molecule has 2 aromatic carbocycles. The van der Waals surface area contributed by atoms with Crippen molar-refractivity contribution in [3.8, 4) is 0 Å². The van der Waals surface area contributed by atoms with Gasteiger partial charge in [-0.15, -0.1) is 0 Å². The molecule has 1 nitrogen and oxygen atoms in total. The second kappa shape index (κ2) is 6.38. The smallest absolute Gasteiger partial charge is 0.187 e. The standard InChI is InChI=1S/C26H29N/c1-25(2)13-14-26(3,4)24-16-18(9-12-23(24)25)15-19-7-6-8-20-17-21(27-5)10-11-22(19)20/h9-12,15-17H,6-8,13-14H2,1-4H3/b19-15-. The summed E-state index contributed by atoms with van der Waals surface area (Å²) in [6, 6.07) is 13.3. The Kier molecular flexibility index (Phi) is 4.26. The van der Waals surface area contributed by atoms with E-state index in [1.807, 2.05) is 6.07 Å². The summed E-state index contributed by atoms with van der Waals surface area (Å²) in [5.74, 6) is 0. The second-order valence-corrected chi connectivity index (χ2v) is 9.55. The number of rotatable bonds is 1. The van der Waals surface area contributed by atoms with E-state index in [4.69, 9.17) is 6.57 Å². The van der Waals surface area contributed by atoms with Gasteiger partial charge in [0.2, 0.25) is 0 Å². The van der Waals surface area contributed by atoms with Crippen molar-refractivity contribution < 1.29 is 0 Å². The van der Waals surface area contributed by atoms with Gasteiger partial charge in [-0.2, -0.15) is 0 Å². The Morgan fingerprint density at radius 3 is 2.37 bits per heavy atom. The van der Waals surface area contributed by atoms with Crippen molar-refractivity contribution in [2.75, 3.05) is 0 Å². The van der Waals surface area contributed by atoms with E-state index in [-0.39, 0.29) is 10.8 Å². The van der Waals surface area contributed by atoms with Gasteiger partial charge in [0.25, 0.3) is 0 Å². The zero-order valence-electron chi connectivity index (χ0n) is 17.0. The summed E-state index contributed by atoms with van der Waals surface area (Å²) in [4.78, 5) is 3.60. The van der Waals surface area contributed by atoms with Gasteiger partial charge < -0.3 is 0 Å². The third-order valence-corrected chi connectivity index (χ3v) is 6.67. The lowest BCUT2D eigenvalue weighted by Crippen LogP contribution is -2.33. The minimum absolute atomic E-state index is 0.244. The Morgan fingerprint density at radius 2 is 1.63 bits per heavy atom. The van der Waals surface area contributed by atoms with Crippen LogP contribution in [-0.4, -0.2) is 0 Å². The molecule has 0 fully saturated rings. The molecule has 0 spiro atoms. The maximum Gasteiger partial charge on any atom is 0.187 e. The molecule has 0 aliphatic heterocycles. The van der Waals surface area contributed by atoms with Crippen molar-refractivity contribution >= 4 is 17.3 Å². The molecule has 0 unspecified atom stereocenters. The average Bonchev–Trinajstić information content (AvgIpc) is 2.65. The first-order chi connectivity index (χ1) is 12.8. The topological polar surface area (TPSA) is 4.36 Å². The minimum atomic E-state index is 0.244. The monoisotopic (exact) mass is 355 g/mol. The molecule has 2 aliphatic carbocycles. The maximum atomic E-state index is 7.26. The highest BCUT2D eigenvalue weighted by Gasteiger charge is 2.36. The van der Waals surface area contributed by atoms with Crippen LogP contribution in [0.25, 0.3) is 16.5 Å². The average molecular weight is 356 g/mol. The highest BCUT2D eigenvalue weighted by atomic mass is 14.6. The molecule has 2 aromatic rings. The molecule has 0 saturated heterocycles. The summed E-state index contributed by atoms with van der Waals surface area (Å²) < 4.78 is 0. The zero-order valence-corrected chi connectivity index (χ0v) is 17.0. The number of benzene rings is 2. The third kappa shape index (κ3) is 3.23. The second-order valence-electron chi connectivity index (χ2n) is 9.55. The van der Waals surface area contributed by atoms with Crippen LogP contribution < -0.4 is 0 Å². The third-order valence-electron chi connectivity index (χ3n) is 6.67. The molecule has 0 heterocycles. The van der Waals surface area contributed by atoms with Gasteiger partial charge in [-0.05, 0) is 70.8 Å². The Morgan fingerprint density at radius 1 is 0.889 bits per heavy atom. The molecule has 0 aromatic heterocycles. The lowest BCUT2D eigenvalue weighted by molar-refractivity contribution is 0.332. The van der Waals surface area contributed by atoms with Gasteiger partial charge in [0.15, 0.2) is 5.69 Å². The van der Waals surface area contributed by atoms with Crippen LogP contribution in [0.15, 0.2) is 36.4 Å². The Hall–Kier alpha value is -2.33. The van der Waals surface area contributed by atoms with Crippen molar-refractivity contribution in [3.05, 3.63) is 75.6 Å². The Labute approximate surface area is 163 Å². The predicted molar refractivity (Wildman–Crippen MR) is 115 cm³/mol. The van der Waals surface area contributed by atoms with Crippen LogP contribution in [0.4, 0.5) is 5.69 Å². The van der Waals surface area contributed by atoms with Gasteiger partial charge in [0.05, 0.1) is 6.57 Å². The van der Waals surface area contributed by atoms with Crippen molar-refractivity contribution in [1.29, 1.82) is 0 Å². The fourth-order valence-corrected chi connectivity index (χ4v) is 4.82. The van der Waals surface area contributed by atoms with Crippen LogP contribution >= 0.6 is 0 Å². The first-order valence-corrected chi connectivity index (χ1v) is 10.2. The number of hydrogen-bond donors (Lipinski definition) is 0. The lowest BCUT2D eigenvalue weighted by atomic mass is 9.63. The van der Waals surface area contributed by atoms with E-state index in [1.165, 1.54) is 52.7 Å². The predicted octanol–water partition coefficient (Wildman–Crippen LogP) is 7.46. The molecule has 1 heteroatoms. The van der Waals surface area contributed by atoms with Crippen LogP contribution in [0.1, 0.15) is 81.2 Å². The normalized spacial score (nSPS) is 21.2. The molecule has 2 aliphatic rings. The van der Waals surface area contributed by atoms with Gasteiger partial charge in [-0.3, -0.25) is 0 Å². The molecule has 0 radical (unpaired) electrons. The molecule has 138 valence electrons. The summed E-state index contributed by atoms with van der Waals surface area (Å²) >= 11 is 0. The molecule has 0 amide bonds. The summed E-state index contributed by atoms with van der Waals surface area (Å²) in [5, 5.41) is 0. The van der Waals surface area contributed by atoms with Gasteiger partial charge in [0.1, 0.15) is 0 Å². The van der Waals surface area contributed by atoms with E-state index < -0.39 is 0 Å². The summed E-state index contributed by atoms with van der Waals surface area (Å²) in [7, 11) is 0. The van der Waals surface area contributed by atoms with Crippen molar-refractivity contribution in [3.63, 3.8) is 0 Å². The van der Waals surface area contributed by atoms with Crippen molar-refractivity contribution in [2.45, 2.75) is 70.6 Å². The molecular formula is C26H29N. The molecule has 4 rings (SSSR count). The lowest BCUT2D eigenvalue weighted by Gasteiger charge is -2.42. The van der Waals surface area contributed by atoms with Crippen LogP contribution in [0.3, 0.4) is 0 Å². The zero-order chi connectivity index (χ0) is 19.2. The number of allylic oxidation sites excluding steroid dienone is 1. The highest BCUT2D eigenvalue weighted by Crippen LogP contribution is 2.46. The number of nitrogens with zero attached hydrogens (tertiary/aromatic N) is 1. The highest BCUT2D eigenvalue weighted by molar-refractivity contribution is 5.84. The first-order valence-electron chi connectivity index (χ1n) is 10.2. The number of hydrogen-bond acceptors (Lipinski definition) is 0. The van der Waals surface area contributed by atoms with Crippen molar-refractivity contribution in [1.82, 2.24) is 0 Å². The number of aryl methyl sites for hydroxylation is 1. The first kappa shape index (κ1) is 18.1. The van der Waals surface area contributed by atoms with Crippen LogP contribution in [0.2, 0.25) is 0 Å². The van der Waals surface area contributed by atoms with Crippen LogP contribution in [0.5, 0.6) is 0 Å². The summed E-state index contributed by atoms with van der Waals surface area (Å²) in [6.45, 7) is 16.8. The quantitative estimate of drug-likeness (QED) is 0.467. The Balaban J connectivity index is 1.78. The Bertz CT molecular complexity index is 966. The van der Waals surface area contributed by atoms with E-state index >= 15 is 0 Å².